The molecule has 4 heterocycles. The average Bonchev–Trinajstić information content (AvgIpc) is 3.51. The fourth-order valence-corrected chi connectivity index (χ4v) is 5.72. The highest BCUT2D eigenvalue weighted by Crippen LogP contribution is 2.23. The number of hydrogen-bond donors (Lipinski definition) is 0. The predicted molar refractivity (Wildman–Crippen MR) is 125 cm³/mol. The standard InChI is InChI=1S/C22H24N4OS3/c1-15-12-19(16(2)26(15)9-8-17-6-4-10-28-17)20(27)14-30-22-24-23-21(25(22)3)13-18-7-5-11-29-18/h4-7,10-12H,8-9,13-14H2,1-3H3. The molecule has 0 aliphatic carbocycles. The van der Waals surface area contributed by atoms with Crippen LogP contribution in [0.3, 0.4) is 0 Å². The molecule has 0 aliphatic rings. The number of aromatic nitrogens is 4. The molecule has 0 N–H and O–H groups in total. The number of carbonyl (C=O) groups excluding carboxylic acids is 1. The lowest BCUT2D eigenvalue weighted by molar-refractivity contribution is 0.102. The van der Waals surface area contributed by atoms with E-state index in [2.05, 4.69) is 50.6 Å². The van der Waals surface area contributed by atoms with Crippen molar-refractivity contribution in [3.05, 3.63) is 73.6 Å². The second kappa shape index (κ2) is 9.32. The minimum absolute atomic E-state index is 0.137. The third kappa shape index (κ3) is 4.61. The van der Waals surface area contributed by atoms with Gasteiger partial charge in [0.2, 0.25) is 0 Å². The first-order valence-corrected chi connectivity index (χ1v) is 12.5. The lowest BCUT2D eigenvalue weighted by atomic mass is 10.2. The highest BCUT2D eigenvalue weighted by Gasteiger charge is 2.18. The van der Waals surface area contributed by atoms with Gasteiger partial charge in [0, 0.05) is 46.7 Å². The molecular formula is C22H24N4OS3. The predicted octanol–water partition coefficient (Wildman–Crippen LogP) is 5.16. The summed E-state index contributed by atoms with van der Waals surface area (Å²) in [5.41, 5.74) is 2.99. The number of ketones is 1. The van der Waals surface area contributed by atoms with E-state index in [1.807, 2.05) is 30.7 Å². The van der Waals surface area contributed by atoms with Gasteiger partial charge in [-0.3, -0.25) is 4.79 Å². The normalized spacial score (nSPS) is 11.3. The second-order valence-corrected chi connectivity index (χ2v) is 10.2. The molecule has 0 bridgehead atoms. The Morgan fingerprint density at radius 2 is 1.83 bits per heavy atom. The molecular weight excluding hydrogens is 432 g/mol. The number of rotatable bonds is 9. The molecule has 0 saturated carbocycles. The first-order chi connectivity index (χ1) is 14.5. The van der Waals surface area contributed by atoms with E-state index in [0.29, 0.717) is 5.75 Å². The molecule has 0 fully saturated rings. The fraction of sp³-hybridized carbons (Fsp3) is 0.318. The monoisotopic (exact) mass is 456 g/mol. The lowest BCUT2D eigenvalue weighted by Gasteiger charge is -2.09. The Bertz CT molecular complexity index is 1120. The van der Waals surface area contributed by atoms with Crippen LogP contribution in [0.25, 0.3) is 0 Å². The van der Waals surface area contributed by atoms with Crippen LogP contribution in [0, 0.1) is 13.8 Å². The van der Waals surface area contributed by atoms with E-state index in [9.17, 15) is 4.79 Å². The van der Waals surface area contributed by atoms with Crippen LogP contribution in [0.4, 0.5) is 0 Å². The van der Waals surface area contributed by atoms with Crippen LogP contribution in [-0.2, 0) is 26.4 Å². The van der Waals surface area contributed by atoms with Crippen LogP contribution in [0.2, 0.25) is 0 Å². The van der Waals surface area contributed by atoms with Crippen LogP contribution >= 0.6 is 34.4 Å². The van der Waals surface area contributed by atoms with E-state index in [-0.39, 0.29) is 5.78 Å². The quantitative estimate of drug-likeness (QED) is 0.258. The zero-order valence-electron chi connectivity index (χ0n) is 17.3. The average molecular weight is 457 g/mol. The van der Waals surface area contributed by atoms with Gasteiger partial charge in [0.15, 0.2) is 10.9 Å². The third-order valence-corrected chi connectivity index (χ3v) is 8.04. The Labute approximate surface area is 188 Å². The van der Waals surface area contributed by atoms with Crippen molar-refractivity contribution in [2.45, 2.75) is 38.4 Å². The molecule has 0 saturated heterocycles. The lowest BCUT2D eigenvalue weighted by Crippen LogP contribution is -2.08. The molecule has 4 aromatic heterocycles. The Hall–Kier alpha value is -2.16. The van der Waals surface area contributed by atoms with Crippen LogP contribution in [0.15, 0.2) is 46.2 Å². The largest absolute Gasteiger partial charge is 0.348 e. The zero-order chi connectivity index (χ0) is 21.1. The number of nitrogens with zero attached hydrogens (tertiary/aromatic N) is 4. The Balaban J connectivity index is 1.39. The maximum Gasteiger partial charge on any atom is 0.191 e. The van der Waals surface area contributed by atoms with E-state index in [1.165, 1.54) is 21.5 Å². The smallest absolute Gasteiger partial charge is 0.191 e. The van der Waals surface area contributed by atoms with Crippen molar-refractivity contribution >= 4 is 40.2 Å². The highest BCUT2D eigenvalue weighted by molar-refractivity contribution is 7.99. The summed E-state index contributed by atoms with van der Waals surface area (Å²) in [5.74, 6) is 1.41. The van der Waals surface area contributed by atoms with Gasteiger partial charge < -0.3 is 9.13 Å². The Morgan fingerprint density at radius 3 is 2.53 bits per heavy atom. The Kier molecular flexibility index (Phi) is 6.55. The van der Waals surface area contributed by atoms with E-state index < -0.39 is 0 Å². The van der Waals surface area contributed by atoms with E-state index in [0.717, 1.165) is 47.3 Å². The van der Waals surface area contributed by atoms with Crippen molar-refractivity contribution in [2.24, 2.45) is 7.05 Å². The summed E-state index contributed by atoms with van der Waals surface area (Å²) in [7, 11) is 1.96. The van der Waals surface area contributed by atoms with Crippen LogP contribution in [-0.4, -0.2) is 30.9 Å². The van der Waals surface area contributed by atoms with Gasteiger partial charge in [-0.05, 0) is 49.2 Å². The molecule has 4 rings (SSSR count). The first kappa shape index (κ1) is 21.1. The van der Waals surface area contributed by atoms with Crippen molar-refractivity contribution < 1.29 is 4.79 Å². The minimum Gasteiger partial charge on any atom is -0.348 e. The SMILES string of the molecule is Cc1cc(C(=O)CSc2nnc(Cc3cccs3)n2C)c(C)n1CCc1cccs1. The first-order valence-electron chi connectivity index (χ1n) is 9.78. The van der Waals surface area contributed by atoms with Crippen molar-refractivity contribution in [2.75, 3.05) is 5.75 Å². The number of carbonyl (C=O) groups is 1. The van der Waals surface area contributed by atoms with Gasteiger partial charge >= 0.3 is 0 Å². The van der Waals surface area contributed by atoms with E-state index in [4.69, 9.17) is 0 Å². The zero-order valence-corrected chi connectivity index (χ0v) is 19.7. The maximum atomic E-state index is 12.9. The number of thiophene rings is 2. The summed E-state index contributed by atoms with van der Waals surface area (Å²) in [6.07, 6.45) is 1.75. The molecule has 0 unspecified atom stereocenters. The molecule has 0 amide bonds. The van der Waals surface area contributed by atoms with Gasteiger partial charge in [-0.1, -0.05) is 23.9 Å². The second-order valence-electron chi connectivity index (χ2n) is 7.19. The molecule has 156 valence electrons. The summed E-state index contributed by atoms with van der Waals surface area (Å²) in [5, 5.41) is 13.6. The summed E-state index contributed by atoms with van der Waals surface area (Å²) in [4.78, 5) is 15.5. The van der Waals surface area contributed by atoms with Crippen LogP contribution in [0.5, 0.6) is 0 Å². The topological polar surface area (TPSA) is 52.7 Å². The molecule has 0 radical (unpaired) electrons. The molecule has 0 atom stereocenters. The fourth-order valence-electron chi connectivity index (χ4n) is 3.51. The molecule has 0 spiro atoms. The summed E-state index contributed by atoms with van der Waals surface area (Å²) in [6, 6.07) is 10.4. The van der Waals surface area contributed by atoms with Crippen LogP contribution in [0.1, 0.15) is 37.3 Å². The summed E-state index contributed by atoms with van der Waals surface area (Å²) in [6.45, 7) is 5.01. The van der Waals surface area contributed by atoms with E-state index in [1.54, 1.807) is 22.7 Å². The molecule has 4 aromatic rings. The van der Waals surface area contributed by atoms with Crippen LogP contribution < -0.4 is 0 Å². The van der Waals surface area contributed by atoms with Gasteiger partial charge in [0.1, 0.15) is 5.82 Å². The molecule has 30 heavy (non-hydrogen) atoms. The van der Waals surface area contributed by atoms with Gasteiger partial charge in [-0.25, -0.2) is 0 Å². The summed E-state index contributed by atoms with van der Waals surface area (Å²) >= 11 is 4.95. The van der Waals surface area contributed by atoms with Gasteiger partial charge in [-0.2, -0.15) is 0 Å². The number of thioether (sulfide) groups is 1. The molecule has 5 nitrogen and oxygen atoms in total. The number of aryl methyl sites for hydroxylation is 2. The molecule has 0 aliphatic heterocycles. The van der Waals surface area contributed by atoms with Crippen molar-refractivity contribution in [3.63, 3.8) is 0 Å². The van der Waals surface area contributed by atoms with Gasteiger partial charge in [0.05, 0.1) is 5.75 Å². The molecule has 8 heteroatoms. The number of Topliss-reactive ketones (excluding diaryl/α,β-unsaturated/α-hetero) is 1. The highest BCUT2D eigenvalue weighted by atomic mass is 32.2. The Morgan fingerprint density at radius 1 is 1.10 bits per heavy atom. The number of hydrogen-bond acceptors (Lipinski definition) is 6. The van der Waals surface area contributed by atoms with Crippen molar-refractivity contribution in [1.29, 1.82) is 0 Å². The maximum absolute atomic E-state index is 12.9. The summed E-state index contributed by atoms with van der Waals surface area (Å²) < 4.78 is 4.24. The van der Waals surface area contributed by atoms with Crippen molar-refractivity contribution in [1.82, 2.24) is 19.3 Å². The third-order valence-electron chi connectivity index (χ3n) is 5.21. The molecule has 0 aromatic carbocycles. The van der Waals surface area contributed by atoms with Gasteiger partial charge in [0.25, 0.3) is 0 Å². The van der Waals surface area contributed by atoms with E-state index >= 15 is 0 Å². The van der Waals surface area contributed by atoms with Gasteiger partial charge in [-0.15, -0.1) is 32.9 Å². The minimum atomic E-state index is 0.137. The van der Waals surface area contributed by atoms with Crippen molar-refractivity contribution in [3.8, 4) is 0 Å².